The Labute approximate surface area is 138 Å². The summed E-state index contributed by atoms with van der Waals surface area (Å²) in [7, 11) is 0. The quantitative estimate of drug-likeness (QED) is 0.772. The van der Waals surface area contributed by atoms with Gasteiger partial charge in [0, 0.05) is 11.6 Å². The van der Waals surface area contributed by atoms with E-state index in [1.807, 2.05) is 31.2 Å². The molecule has 2 N–H and O–H groups in total. The highest BCUT2D eigenvalue weighted by atomic mass is 19.1. The minimum Gasteiger partial charge on any atom is -0.337 e. The molecule has 0 spiro atoms. The zero-order valence-corrected chi connectivity index (χ0v) is 13.2. The van der Waals surface area contributed by atoms with E-state index in [1.54, 1.807) is 12.1 Å². The molecule has 0 saturated carbocycles. The van der Waals surface area contributed by atoms with Crippen LogP contribution in [0.4, 0.5) is 4.39 Å². The summed E-state index contributed by atoms with van der Waals surface area (Å²) < 4.78 is 18.4. The van der Waals surface area contributed by atoms with Crippen molar-refractivity contribution in [2.45, 2.75) is 25.4 Å². The number of nitrogens with zero attached hydrogens (tertiary/aromatic N) is 2. The summed E-state index contributed by atoms with van der Waals surface area (Å²) in [5, 5.41) is 4.07. The molecule has 3 aromatic rings. The van der Waals surface area contributed by atoms with E-state index in [1.165, 1.54) is 17.7 Å². The molecule has 1 aliphatic heterocycles. The van der Waals surface area contributed by atoms with Crippen LogP contribution in [0.25, 0.3) is 11.4 Å². The lowest BCUT2D eigenvalue weighted by Gasteiger charge is -2.08. The van der Waals surface area contributed by atoms with Crippen molar-refractivity contribution in [2.75, 3.05) is 0 Å². The van der Waals surface area contributed by atoms with Crippen LogP contribution in [-0.2, 0) is 0 Å². The molecule has 1 fully saturated rings. The highest BCUT2D eigenvalue weighted by molar-refractivity contribution is 5.54. The molecule has 0 bridgehead atoms. The predicted molar refractivity (Wildman–Crippen MR) is 87.2 cm³/mol. The van der Waals surface area contributed by atoms with Gasteiger partial charge < -0.3 is 4.52 Å². The van der Waals surface area contributed by atoms with Gasteiger partial charge in [-0.25, -0.2) is 15.2 Å². The van der Waals surface area contributed by atoms with Crippen LogP contribution in [-0.4, -0.2) is 10.1 Å². The van der Waals surface area contributed by atoms with Crippen molar-refractivity contribution in [3.8, 4) is 11.4 Å². The van der Waals surface area contributed by atoms with Crippen LogP contribution in [0.2, 0.25) is 0 Å². The average molecular weight is 324 g/mol. The number of aryl methyl sites for hydroxylation is 1. The summed E-state index contributed by atoms with van der Waals surface area (Å²) >= 11 is 0. The third-order valence-electron chi connectivity index (χ3n) is 4.23. The lowest BCUT2D eigenvalue weighted by Crippen LogP contribution is -2.26. The predicted octanol–water partition coefficient (Wildman–Crippen LogP) is 3.46. The maximum atomic E-state index is 13.0. The Hall–Kier alpha value is -2.57. The van der Waals surface area contributed by atoms with Gasteiger partial charge in [-0.05, 0) is 31.0 Å². The van der Waals surface area contributed by atoms with Crippen LogP contribution in [0.5, 0.6) is 0 Å². The molecule has 2 atom stereocenters. The minimum absolute atomic E-state index is 0.0744. The maximum Gasteiger partial charge on any atom is 0.245 e. The number of rotatable bonds is 3. The third-order valence-corrected chi connectivity index (χ3v) is 4.23. The number of nitrogens with one attached hydrogen (secondary N) is 2. The first-order valence-corrected chi connectivity index (χ1v) is 7.86. The lowest BCUT2D eigenvalue weighted by atomic mass is 10.0. The van der Waals surface area contributed by atoms with Gasteiger partial charge in [0.05, 0.1) is 0 Å². The normalized spacial score (nSPS) is 20.4. The molecule has 2 aromatic carbocycles. The Morgan fingerprint density at radius 3 is 2.46 bits per heavy atom. The Morgan fingerprint density at radius 2 is 1.71 bits per heavy atom. The van der Waals surface area contributed by atoms with Gasteiger partial charge in [0.15, 0.2) is 0 Å². The molecule has 4 rings (SSSR count). The fourth-order valence-electron chi connectivity index (χ4n) is 2.83. The van der Waals surface area contributed by atoms with Crippen LogP contribution in [0.3, 0.4) is 0 Å². The van der Waals surface area contributed by atoms with Gasteiger partial charge in [-0.3, -0.25) is 0 Å². The van der Waals surface area contributed by atoms with Crippen molar-refractivity contribution in [3.05, 3.63) is 71.4 Å². The molecule has 0 amide bonds. The van der Waals surface area contributed by atoms with Gasteiger partial charge >= 0.3 is 0 Å². The van der Waals surface area contributed by atoms with Crippen LogP contribution in [0.15, 0.2) is 53.1 Å². The number of hydrogen-bond acceptors (Lipinski definition) is 5. The Balaban J connectivity index is 1.49. The van der Waals surface area contributed by atoms with Crippen molar-refractivity contribution in [1.82, 2.24) is 21.0 Å². The molecule has 24 heavy (non-hydrogen) atoms. The minimum atomic E-state index is -0.235. The largest absolute Gasteiger partial charge is 0.337 e. The van der Waals surface area contributed by atoms with Gasteiger partial charge in [0.1, 0.15) is 11.9 Å². The molecule has 2 heterocycles. The molecule has 2 unspecified atom stereocenters. The highest BCUT2D eigenvalue weighted by Gasteiger charge is 2.30. The van der Waals surface area contributed by atoms with Gasteiger partial charge in [0.25, 0.3) is 0 Å². The Bertz CT molecular complexity index is 829. The fraction of sp³-hybridized carbons (Fsp3) is 0.222. The van der Waals surface area contributed by atoms with E-state index < -0.39 is 0 Å². The molecule has 122 valence electrons. The van der Waals surface area contributed by atoms with Crippen molar-refractivity contribution >= 4 is 0 Å². The molecule has 0 radical (unpaired) electrons. The summed E-state index contributed by atoms with van der Waals surface area (Å²) in [6.07, 6.45) is 0.751. The first kappa shape index (κ1) is 15.0. The summed E-state index contributed by atoms with van der Waals surface area (Å²) in [6, 6.07) is 14.5. The van der Waals surface area contributed by atoms with E-state index >= 15 is 0 Å². The second kappa shape index (κ2) is 6.14. The van der Waals surface area contributed by atoms with Gasteiger partial charge in [-0.2, -0.15) is 4.98 Å². The van der Waals surface area contributed by atoms with E-state index in [2.05, 4.69) is 21.0 Å². The zero-order chi connectivity index (χ0) is 16.5. The molecular weight excluding hydrogens is 307 g/mol. The molecule has 1 aromatic heterocycles. The Morgan fingerprint density at radius 1 is 1.00 bits per heavy atom. The standard InChI is InChI=1S/C18H17FN4O/c1-11-2-4-13(5-3-11)17-20-18(24-23-17)16-10-15(21-22-16)12-6-8-14(19)9-7-12/h2-9,15-16,21-22H,10H2,1H3. The smallest absolute Gasteiger partial charge is 0.245 e. The molecular formula is C18H17FN4O. The van der Waals surface area contributed by atoms with E-state index in [0.717, 1.165) is 17.5 Å². The van der Waals surface area contributed by atoms with Crippen molar-refractivity contribution < 1.29 is 8.91 Å². The number of benzene rings is 2. The summed E-state index contributed by atoms with van der Waals surface area (Å²) in [5.41, 5.74) is 9.50. The molecule has 0 aliphatic carbocycles. The monoisotopic (exact) mass is 324 g/mol. The van der Waals surface area contributed by atoms with Crippen molar-refractivity contribution in [3.63, 3.8) is 0 Å². The topological polar surface area (TPSA) is 63.0 Å². The van der Waals surface area contributed by atoms with Gasteiger partial charge in [-0.1, -0.05) is 47.1 Å². The summed E-state index contributed by atoms with van der Waals surface area (Å²) in [4.78, 5) is 4.49. The summed E-state index contributed by atoms with van der Waals surface area (Å²) in [6.45, 7) is 2.04. The summed E-state index contributed by atoms with van der Waals surface area (Å²) in [5.74, 6) is 0.889. The van der Waals surface area contributed by atoms with Gasteiger partial charge in [-0.15, -0.1) is 0 Å². The molecule has 6 heteroatoms. The van der Waals surface area contributed by atoms with E-state index in [-0.39, 0.29) is 17.9 Å². The highest BCUT2D eigenvalue weighted by Crippen LogP contribution is 2.31. The number of hydrazine groups is 1. The van der Waals surface area contributed by atoms with Crippen LogP contribution in [0, 0.1) is 12.7 Å². The average Bonchev–Trinajstić information content (AvgIpc) is 3.25. The fourth-order valence-corrected chi connectivity index (χ4v) is 2.83. The van der Waals surface area contributed by atoms with Gasteiger partial charge in [0.2, 0.25) is 11.7 Å². The maximum absolute atomic E-state index is 13.0. The number of aromatic nitrogens is 2. The molecule has 1 saturated heterocycles. The van der Waals surface area contributed by atoms with E-state index in [9.17, 15) is 4.39 Å². The number of halogens is 1. The van der Waals surface area contributed by atoms with Crippen molar-refractivity contribution in [1.29, 1.82) is 0 Å². The third kappa shape index (κ3) is 2.93. The second-order valence-corrected chi connectivity index (χ2v) is 6.00. The zero-order valence-electron chi connectivity index (χ0n) is 13.2. The second-order valence-electron chi connectivity index (χ2n) is 6.00. The molecule has 1 aliphatic rings. The van der Waals surface area contributed by atoms with E-state index in [0.29, 0.717) is 11.7 Å². The number of hydrogen-bond donors (Lipinski definition) is 2. The van der Waals surface area contributed by atoms with Crippen LogP contribution >= 0.6 is 0 Å². The van der Waals surface area contributed by atoms with Crippen LogP contribution in [0.1, 0.15) is 35.5 Å². The Kier molecular flexibility index (Phi) is 3.84. The lowest BCUT2D eigenvalue weighted by molar-refractivity contribution is 0.340. The van der Waals surface area contributed by atoms with E-state index in [4.69, 9.17) is 4.52 Å². The SMILES string of the molecule is Cc1ccc(-c2noc(C3CC(c4ccc(F)cc4)NN3)n2)cc1. The molecule has 5 nitrogen and oxygen atoms in total. The van der Waals surface area contributed by atoms with Crippen molar-refractivity contribution in [2.24, 2.45) is 0 Å². The first-order valence-electron chi connectivity index (χ1n) is 7.86. The van der Waals surface area contributed by atoms with Crippen LogP contribution < -0.4 is 10.9 Å². The first-order chi connectivity index (χ1) is 11.7.